The van der Waals surface area contributed by atoms with Crippen LogP contribution in [-0.4, -0.2) is 48.7 Å². The molecule has 2 heterocycles. The Morgan fingerprint density at radius 3 is 2.43 bits per heavy atom. The summed E-state index contributed by atoms with van der Waals surface area (Å²) in [5, 5.41) is 5.15. The second-order valence-electron chi connectivity index (χ2n) is 7.16. The normalized spacial score (nSPS) is 17.3. The molecule has 2 N–H and O–H groups in total. The van der Waals surface area contributed by atoms with Gasteiger partial charge in [-0.3, -0.25) is 14.6 Å². The summed E-state index contributed by atoms with van der Waals surface area (Å²) >= 11 is 0. The van der Waals surface area contributed by atoms with Gasteiger partial charge < -0.3 is 10.6 Å². The number of sulfonamides is 1. The molecule has 9 heteroatoms. The fraction of sp³-hybridized carbons (Fsp3) is 0.381. The number of carbonyl (C=O) groups is 2. The average molecular weight is 431 g/mol. The maximum absolute atomic E-state index is 13.0. The molecule has 0 unspecified atom stereocenters. The number of aromatic nitrogens is 1. The van der Waals surface area contributed by atoms with Crippen molar-refractivity contribution in [2.45, 2.75) is 43.2 Å². The van der Waals surface area contributed by atoms with Crippen LogP contribution in [0, 0.1) is 0 Å². The molecular weight excluding hydrogens is 404 g/mol. The quantitative estimate of drug-likeness (QED) is 0.647. The summed E-state index contributed by atoms with van der Waals surface area (Å²) in [6, 6.07) is 11.7. The second-order valence-corrected chi connectivity index (χ2v) is 9.05. The van der Waals surface area contributed by atoms with Crippen molar-refractivity contribution in [3.63, 3.8) is 0 Å². The Morgan fingerprint density at radius 1 is 1.00 bits per heavy atom. The zero-order valence-electron chi connectivity index (χ0n) is 16.7. The molecular formula is C21H26N4O4S. The maximum atomic E-state index is 13.0. The van der Waals surface area contributed by atoms with E-state index in [4.69, 9.17) is 0 Å². The minimum absolute atomic E-state index is 0.205. The first-order valence-corrected chi connectivity index (χ1v) is 11.4. The van der Waals surface area contributed by atoms with Gasteiger partial charge in [-0.05, 0) is 49.1 Å². The number of hydrogen-bond donors (Lipinski definition) is 2. The highest BCUT2D eigenvalue weighted by molar-refractivity contribution is 7.89. The van der Waals surface area contributed by atoms with E-state index in [-0.39, 0.29) is 24.0 Å². The molecule has 3 rings (SSSR count). The summed E-state index contributed by atoms with van der Waals surface area (Å²) in [5.41, 5.74) is 0.843. The molecule has 1 aliphatic heterocycles. The SMILES string of the molecule is O=C(NCC[C@@H]1CCCCN1S(=O)(=O)c1ccccc1)C(=O)NCc1ccncc1. The second kappa shape index (κ2) is 10.3. The smallest absolute Gasteiger partial charge is 0.309 e. The van der Waals surface area contributed by atoms with E-state index in [0.29, 0.717) is 13.0 Å². The van der Waals surface area contributed by atoms with Gasteiger partial charge in [0.1, 0.15) is 0 Å². The maximum Gasteiger partial charge on any atom is 0.309 e. The van der Waals surface area contributed by atoms with E-state index in [1.165, 1.54) is 4.31 Å². The van der Waals surface area contributed by atoms with Crippen LogP contribution in [0.5, 0.6) is 0 Å². The predicted molar refractivity (Wildman–Crippen MR) is 112 cm³/mol. The van der Waals surface area contributed by atoms with Crippen molar-refractivity contribution in [1.29, 1.82) is 0 Å². The van der Waals surface area contributed by atoms with E-state index >= 15 is 0 Å². The zero-order valence-corrected chi connectivity index (χ0v) is 17.5. The summed E-state index contributed by atoms with van der Waals surface area (Å²) < 4.78 is 27.5. The van der Waals surface area contributed by atoms with Gasteiger partial charge in [-0.2, -0.15) is 4.31 Å². The number of carbonyl (C=O) groups excluding carboxylic acids is 2. The first-order valence-electron chi connectivity index (χ1n) is 10.0. The Hall–Kier alpha value is -2.78. The molecule has 0 aliphatic carbocycles. The van der Waals surface area contributed by atoms with E-state index in [0.717, 1.165) is 24.8 Å². The third kappa shape index (κ3) is 5.64. The summed E-state index contributed by atoms with van der Waals surface area (Å²) in [4.78, 5) is 28.2. The minimum atomic E-state index is -3.58. The number of nitrogens with one attached hydrogen (secondary N) is 2. The largest absolute Gasteiger partial charge is 0.348 e. The van der Waals surface area contributed by atoms with E-state index < -0.39 is 21.8 Å². The fourth-order valence-electron chi connectivity index (χ4n) is 3.50. The first-order chi connectivity index (χ1) is 14.5. The third-order valence-electron chi connectivity index (χ3n) is 5.09. The lowest BCUT2D eigenvalue weighted by atomic mass is 10.0. The van der Waals surface area contributed by atoms with Gasteiger partial charge in [0.2, 0.25) is 10.0 Å². The van der Waals surface area contributed by atoms with Gasteiger partial charge in [-0.25, -0.2) is 8.42 Å². The van der Waals surface area contributed by atoms with Gasteiger partial charge in [-0.15, -0.1) is 0 Å². The molecule has 0 radical (unpaired) electrons. The van der Waals surface area contributed by atoms with Crippen LogP contribution >= 0.6 is 0 Å². The zero-order chi connectivity index (χ0) is 21.4. The number of hydrogen-bond acceptors (Lipinski definition) is 5. The van der Waals surface area contributed by atoms with Crippen LogP contribution in [0.25, 0.3) is 0 Å². The fourth-order valence-corrected chi connectivity index (χ4v) is 5.25. The predicted octanol–water partition coefficient (Wildman–Crippen LogP) is 1.45. The van der Waals surface area contributed by atoms with Gasteiger partial charge in [-0.1, -0.05) is 24.6 Å². The molecule has 1 saturated heterocycles. The molecule has 0 saturated carbocycles. The highest BCUT2D eigenvalue weighted by Gasteiger charge is 2.33. The number of rotatable bonds is 7. The Labute approximate surface area is 176 Å². The van der Waals surface area contributed by atoms with E-state index in [1.807, 2.05) is 0 Å². The van der Waals surface area contributed by atoms with Crippen molar-refractivity contribution in [2.75, 3.05) is 13.1 Å². The van der Waals surface area contributed by atoms with Crippen LogP contribution in [0.3, 0.4) is 0 Å². The summed E-state index contributed by atoms with van der Waals surface area (Å²) in [6.45, 7) is 0.926. The molecule has 160 valence electrons. The van der Waals surface area contributed by atoms with Crippen LogP contribution in [0.15, 0.2) is 59.8 Å². The van der Waals surface area contributed by atoms with Crippen molar-refractivity contribution >= 4 is 21.8 Å². The molecule has 0 spiro atoms. The van der Waals surface area contributed by atoms with Crippen LogP contribution < -0.4 is 10.6 Å². The third-order valence-corrected chi connectivity index (χ3v) is 7.06. The van der Waals surface area contributed by atoms with Crippen molar-refractivity contribution in [2.24, 2.45) is 0 Å². The Balaban J connectivity index is 1.51. The molecule has 1 fully saturated rings. The average Bonchev–Trinajstić information content (AvgIpc) is 2.79. The monoisotopic (exact) mass is 430 g/mol. The summed E-state index contributed by atoms with van der Waals surface area (Å²) in [6.07, 6.45) is 6.16. The lowest BCUT2D eigenvalue weighted by molar-refractivity contribution is -0.139. The number of amides is 2. The highest BCUT2D eigenvalue weighted by atomic mass is 32.2. The van der Waals surface area contributed by atoms with Gasteiger partial charge in [0.15, 0.2) is 0 Å². The van der Waals surface area contributed by atoms with Crippen LogP contribution in [0.4, 0.5) is 0 Å². The van der Waals surface area contributed by atoms with Crippen molar-refractivity contribution in [3.8, 4) is 0 Å². The molecule has 2 amide bonds. The molecule has 8 nitrogen and oxygen atoms in total. The molecule has 30 heavy (non-hydrogen) atoms. The lowest BCUT2D eigenvalue weighted by Gasteiger charge is -2.34. The van der Waals surface area contributed by atoms with Crippen LogP contribution in [0.2, 0.25) is 0 Å². The summed E-state index contributed by atoms with van der Waals surface area (Å²) in [7, 11) is -3.58. The molecule has 1 aromatic heterocycles. The van der Waals surface area contributed by atoms with E-state index in [1.54, 1.807) is 54.9 Å². The number of piperidine rings is 1. The van der Waals surface area contributed by atoms with Gasteiger partial charge in [0.05, 0.1) is 4.90 Å². The van der Waals surface area contributed by atoms with Crippen LogP contribution in [0.1, 0.15) is 31.2 Å². The van der Waals surface area contributed by atoms with Gasteiger partial charge in [0.25, 0.3) is 0 Å². The molecule has 1 aliphatic rings. The number of pyridine rings is 1. The van der Waals surface area contributed by atoms with E-state index in [9.17, 15) is 18.0 Å². The highest BCUT2D eigenvalue weighted by Crippen LogP contribution is 2.26. The topological polar surface area (TPSA) is 108 Å². The molecule has 2 aromatic rings. The number of benzene rings is 1. The number of nitrogens with zero attached hydrogens (tertiary/aromatic N) is 2. The lowest BCUT2D eigenvalue weighted by Crippen LogP contribution is -2.46. The van der Waals surface area contributed by atoms with Gasteiger partial charge in [0, 0.05) is 38.1 Å². The Kier molecular flexibility index (Phi) is 7.53. The summed E-state index contributed by atoms with van der Waals surface area (Å²) in [5.74, 6) is -1.44. The first kappa shape index (κ1) is 21.9. The molecule has 1 atom stereocenters. The Bertz CT molecular complexity index is 951. The van der Waals surface area contributed by atoms with Crippen molar-refractivity contribution in [3.05, 3.63) is 60.4 Å². The molecule has 1 aromatic carbocycles. The standard InChI is InChI=1S/C21H26N4O4S/c26-20(21(27)24-16-17-9-12-22-13-10-17)23-14-11-18-6-4-5-15-25(18)30(28,29)19-7-2-1-3-8-19/h1-3,7-10,12-13,18H,4-6,11,14-16H2,(H,23,26)(H,24,27)/t18-/m0/s1. The van der Waals surface area contributed by atoms with E-state index in [2.05, 4.69) is 15.6 Å². The van der Waals surface area contributed by atoms with Gasteiger partial charge >= 0.3 is 11.8 Å². The van der Waals surface area contributed by atoms with Crippen molar-refractivity contribution < 1.29 is 18.0 Å². The molecule has 0 bridgehead atoms. The Morgan fingerprint density at radius 2 is 1.70 bits per heavy atom. The van der Waals surface area contributed by atoms with Crippen LogP contribution in [-0.2, 0) is 26.2 Å². The van der Waals surface area contributed by atoms with Crippen molar-refractivity contribution in [1.82, 2.24) is 19.9 Å². The minimum Gasteiger partial charge on any atom is -0.348 e.